The first-order valence-electron chi connectivity index (χ1n) is 3.11. The second-order valence-corrected chi connectivity index (χ2v) is 1.83. The minimum Gasteiger partial charge on any atom is -0.365 e. The Labute approximate surface area is 58.6 Å². The van der Waals surface area contributed by atoms with Crippen molar-refractivity contribution in [3.05, 3.63) is 5.89 Å². The average Bonchev–Trinajstić information content (AvgIpc) is 2.31. The van der Waals surface area contributed by atoms with Gasteiger partial charge in [0.25, 0.3) is 5.95 Å². The molecule has 5 nitrogen and oxygen atoms in total. The number of anilines is 1. The summed E-state index contributed by atoms with van der Waals surface area (Å²) in [5.41, 5.74) is 5.21. The molecule has 56 valence electrons. The Bertz CT molecular complexity index is 197. The van der Waals surface area contributed by atoms with Gasteiger partial charge < -0.3 is 15.6 Å². The standard InChI is InChI=1S/C5H10N4O/c1-2-7-3-4-8-5(6)9-10-4/h7H,2-3H2,1H3,(H2,6,9). The van der Waals surface area contributed by atoms with E-state index in [9.17, 15) is 0 Å². The van der Waals surface area contributed by atoms with Gasteiger partial charge in [0.15, 0.2) is 0 Å². The molecule has 0 spiro atoms. The Kier molecular flexibility index (Phi) is 2.22. The van der Waals surface area contributed by atoms with Gasteiger partial charge in [-0.2, -0.15) is 4.98 Å². The maximum absolute atomic E-state index is 5.21. The molecule has 0 aromatic carbocycles. The number of nitrogens with one attached hydrogen (secondary N) is 1. The Morgan fingerprint density at radius 1 is 1.70 bits per heavy atom. The Morgan fingerprint density at radius 3 is 3.00 bits per heavy atom. The van der Waals surface area contributed by atoms with Crippen molar-refractivity contribution >= 4 is 5.95 Å². The van der Waals surface area contributed by atoms with Crippen molar-refractivity contribution in [3.8, 4) is 0 Å². The molecular formula is C5H10N4O. The molecule has 1 rings (SSSR count). The second-order valence-electron chi connectivity index (χ2n) is 1.83. The van der Waals surface area contributed by atoms with Crippen LogP contribution in [0.3, 0.4) is 0 Å². The molecule has 0 aliphatic carbocycles. The normalized spacial score (nSPS) is 10.1. The highest BCUT2D eigenvalue weighted by Crippen LogP contribution is 1.95. The predicted octanol–water partition coefficient (Wildman–Crippen LogP) is -0.239. The van der Waals surface area contributed by atoms with Crippen LogP contribution in [-0.4, -0.2) is 16.7 Å². The van der Waals surface area contributed by atoms with E-state index < -0.39 is 0 Å². The van der Waals surface area contributed by atoms with Gasteiger partial charge in [-0.15, -0.1) is 0 Å². The zero-order valence-electron chi connectivity index (χ0n) is 5.79. The van der Waals surface area contributed by atoms with E-state index in [1.54, 1.807) is 0 Å². The quantitative estimate of drug-likeness (QED) is 0.609. The molecule has 1 heterocycles. The molecule has 0 saturated carbocycles. The largest absolute Gasteiger partial charge is 0.365 e. The number of nitrogens with zero attached hydrogens (tertiary/aromatic N) is 2. The third-order valence-corrected chi connectivity index (χ3v) is 1.01. The molecular weight excluding hydrogens is 132 g/mol. The van der Waals surface area contributed by atoms with Gasteiger partial charge in [0.1, 0.15) is 0 Å². The molecule has 0 saturated heterocycles. The lowest BCUT2D eigenvalue weighted by molar-refractivity contribution is 0.370. The molecule has 3 N–H and O–H groups in total. The highest BCUT2D eigenvalue weighted by atomic mass is 16.5. The van der Waals surface area contributed by atoms with Crippen molar-refractivity contribution in [1.82, 2.24) is 15.5 Å². The molecule has 0 aliphatic heterocycles. The third kappa shape index (κ3) is 1.70. The first-order chi connectivity index (χ1) is 4.83. The van der Waals surface area contributed by atoms with Crippen LogP contribution in [-0.2, 0) is 6.54 Å². The van der Waals surface area contributed by atoms with E-state index in [0.717, 1.165) is 6.54 Å². The van der Waals surface area contributed by atoms with E-state index in [1.807, 2.05) is 6.92 Å². The zero-order valence-corrected chi connectivity index (χ0v) is 5.79. The second kappa shape index (κ2) is 3.17. The molecule has 1 aromatic rings. The summed E-state index contributed by atoms with van der Waals surface area (Å²) >= 11 is 0. The van der Waals surface area contributed by atoms with Crippen LogP contribution in [0.1, 0.15) is 12.8 Å². The highest BCUT2D eigenvalue weighted by Gasteiger charge is 1.99. The molecule has 0 fully saturated rings. The molecule has 1 aromatic heterocycles. The summed E-state index contributed by atoms with van der Waals surface area (Å²) in [7, 11) is 0. The Hall–Kier alpha value is -1.10. The van der Waals surface area contributed by atoms with Gasteiger partial charge in [0.05, 0.1) is 6.54 Å². The Balaban J connectivity index is 2.42. The molecule has 0 amide bonds. The number of hydrogen-bond acceptors (Lipinski definition) is 5. The first kappa shape index (κ1) is 7.01. The summed E-state index contributed by atoms with van der Waals surface area (Å²) in [5, 5.41) is 6.45. The van der Waals surface area contributed by atoms with Gasteiger partial charge in [-0.25, -0.2) is 0 Å². The van der Waals surface area contributed by atoms with Crippen LogP contribution in [0, 0.1) is 0 Å². The van der Waals surface area contributed by atoms with E-state index in [0.29, 0.717) is 12.4 Å². The van der Waals surface area contributed by atoms with Crippen LogP contribution < -0.4 is 11.1 Å². The summed E-state index contributed by atoms with van der Waals surface area (Å²) in [6, 6.07) is 0. The molecule has 5 heteroatoms. The van der Waals surface area contributed by atoms with Crippen LogP contribution in [0.25, 0.3) is 0 Å². The lowest BCUT2D eigenvalue weighted by atomic mass is 10.6. The first-order valence-corrected chi connectivity index (χ1v) is 3.11. The molecule has 0 atom stereocenters. The third-order valence-electron chi connectivity index (χ3n) is 1.01. The lowest BCUT2D eigenvalue weighted by Crippen LogP contribution is -2.11. The summed E-state index contributed by atoms with van der Waals surface area (Å²) in [6.45, 7) is 3.46. The number of nitrogen functional groups attached to an aromatic ring is 1. The fourth-order valence-corrected chi connectivity index (χ4v) is 0.572. The predicted molar refractivity (Wildman–Crippen MR) is 36.1 cm³/mol. The van der Waals surface area contributed by atoms with Crippen LogP contribution in [0.2, 0.25) is 0 Å². The molecule has 0 aliphatic rings. The lowest BCUT2D eigenvalue weighted by Gasteiger charge is -1.91. The number of aromatic nitrogens is 2. The number of hydrogen-bond donors (Lipinski definition) is 2. The summed E-state index contributed by atoms with van der Waals surface area (Å²) in [6.07, 6.45) is 0. The topological polar surface area (TPSA) is 77.0 Å². The Morgan fingerprint density at radius 2 is 2.50 bits per heavy atom. The summed E-state index contributed by atoms with van der Waals surface area (Å²) in [4.78, 5) is 3.79. The van der Waals surface area contributed by atoms with Crippen molar-refractivity contribution < 1.29 is 4.52 Å². The van der Waals surface area contributed by atoms with E-state index >= 15 is 0 Å². The number of rotatable bonds is 3. The van der Waals surface area contributed by atoms with E-state index in [-0.39, 0.29) is 5.95 Å². The van der Waals surface area contributed by atoms with E-state index in [2.05, 4.69) is 15.5 Å². The van der Waals surface area contributed by atoms with Gasteiger partial charge in [0.2, 0.25) is 5.89 Å². The van der Waals surface area contributed by atoms with Crippen LogP contribution in [0.15, 0.2) is 4.52 Å². The molecule has 0 radical (unpaired) electrons. The molecule has 0 bridgehead atoms. The van der Waals surface area contributed by atoms with Gasteiger partial charge in [-0.1, -0.05) is 6.92 Å². The van der Waals surface area contributed by atoms with Crippen molar-refractivity contribution in [3.63, 3.8) is 0 Å². The smallest absolute Gasteiger partial charge is 0.260 e. The average molecular weight is 142 g/mol. The van der Waals surface area contributed by atoms with Crippen molar-refractivity contribution in [2.75, 3.05) is 12.3 Å². The van der Waals surface area contributed by atoms with Crippen LogP contribution in [0.4, 0.5) is 5.95 Å². The minimum absolute atomic E-state index is 0.188. The molecule has 0 unspecified atom stereocenters. The van der Waals surface area contributed by atoms with Gasteiger partial charge in [-0.05, 0) is 11.7 Å². The fourth-order valence-electron chi connectivity index (χ4n) is 0.572. The van der Waals surface area contributed by atoms with Crippen LogP contribution in [0.5, 0.6) is 0 Å². The fraction of sp³-hybridized carbons (Fsp3) is 0.600. The van der Waals surface area contributed by atoms with Crippen molar-refractivity contribution in [2.24, 2.45) is 0 Å². The number of nitrogens with two attached hydrogens (primary N) is 1. The highest BCUT2D eigenvalue weighted by molar-refractivity contribution is 5.10. The SMILES string of the molecule is CCNCc1nc(N)no1. The monoisotopic (exact) mass is 142 g/mol. The molecule has 10 heavy (non-hydrogen) atoms. The van der Waals surface area contributed by atoms with Crippen molar-refractivity contribution in [2.45, 2.75) is 13.5 Å². The van der Waals surface area contributed by atoms with Gasteiger partial charge >= 0.3 is 0 Å². The maximum Gasteiger partial charge on any atom is 0.260 e. The maximum atomic E-state index is 5.21. The zero-order chi connectivity index (χ0) is 7.40. The summed E-state index contributed by atoms with van der Waals surface area (Å²) in [5.74, 6) is 0.715. The summed E-state index contributed by atoms with van der Waals surface area (Å²) < 4.78 is 4.72. The van der Waals surface area contributed by atoms with E-state index in [1.165, 1.54) is 0 Å². The van der Waals surface area contributed by atoms with Crippen molar-refractivity contribution in [1.29, 1.82) is 0 Å². The minimum atomic E-state index is 0.188. The van der Waals surface area contributed by atoms with Gasteiger partial charge in [0, 0.05) is 0 Å². The van der Waals surface area contributed by atoms with Crippen LogP contribution >= 0.6 is 0 Å². The van der Waals surface area contributed by atoms with Gasteiger partial charge in [-0.3, -0.25) is 0 Å². The van der Waals surface area contributed by atoms with E-state index in [4.69, 9.17) is 10.3 Å².